The number of carbonyl (C=O) groups is 1. The second kappa shape index (κ2) is 8.17. The number of hydrogen-bond donors (Lipinski definition) is 1. The molecule has 1 N–H and O–H groups in total. The van der Waals surface area contributed by atoms with Crippen LogP contribution in [0.5, 0.6) is 5.75 Å². The van der Waals surface area contributed by atoms with Gasteiger partial charge in [-0.25, -0.2) is 9.97 Å². The number of amides is 1. The number of nitrogens with zero attached hydrogens (tertiary/aromatic N) is 3. The van der Waals surface area contributed by atoms with E-state index in [0.29, 0.717) is 24.1 Å². The summed E-state index contributed by atoms with van der Waals surface area (Å²) in [5.41, 5.74) is 2.34. The molecule has 3 rings (SSSR count). The third kappa shape index (κ3) is 4.50. The maximum Gasteiger partial charge on any atom is 0.272 e. The van der Waals surface area contributed by atoms with E-state index in [4.69, 9.17) is 4.74 Å². The number of methoxy groups -OCH3 is 1. The Bertz CT molecular complexity index is 753. The smallest absolute Gasteiger partial charge is 0.272 e. The van der Waals surface area contributed by atoms with E-state index in [0.717, 1.165) is 42.9 Å². The molecule has 1 aliphatic rings. The molecule has 0 unspecified atom stereocenters. The third-order valence-electron chi connectivity index (χ3n) is 4.75. The van der Waals surface area contributed by atoms with Crippen molar-refractivity contribution in [3.05, 3.63) is 47.3 Å². The van der Waals surface area contributed by atoms with Crippen molar-refractivity contribution in [2.75, 3.05) is 25.5 Å². The minimum absolute atomic E-state index is 0.00472. The highest BCUT2D eigenvalue weighted by Crippen LogP contribution is 2.18. The first-order valence-corrected chi connectivity index (χ1v) is 9.07. The van der Waals surface area contributed by atoms with Gasteiger partial charge in [0.25, 0.3) is 5.91 Å². The van der Waals surface area contributed by atoms with Crippen LogP contribution in [0.1, 0.15) is 41.5 Å². The average Bonchev–Trinajstić information content (AvgIpc) is 2.66. The van der Waals surface area contributed by atoms with Crippen LogP contribution in [-0.4, -0.2) is 41.0 Å². The van der Waals surface area contributed by atoms with Crippen LogP contribution in [0.4, 0.5) is 5.95 Å². The molecule has 6 nitrogen and oxygen atoms in total. The van der Waals surface area contributed by atoms with Crippen molar-refractivity contribution in [2.45, 2.75) is 33.2 Å². The van der Waals surface area contributed by atoms with E-state index in [2.05, 4.69) is 22.2 Å². The molecule has 1 fully saturated rings. The Morgan fingerprint density at radius 1 is 1.23 bits per heavy atom. The molecule has 6 heteroatoms. The Balaban J connectivity index is 1.67. The number of rotatable bonds is 5. The van der Waals surface area contributed by atoms with E-state index in [1.165, 1.54) is 0 Å². The number of hydrogen-bond acceptors (Lipinski definition) is 5. The number of nitrogens with one attached hydrogen (secondary N) is 1. The summed E-state index contributed by atoms with van der Waals surface area (Å²) >= 11 is 0. The van der Waals surface area contributed by atoms with E-state index in [-0.39, 0.29) is 5.91 Å². The quantitative estimate of drug-likeness (QED) is 0.892. The van der Waals surface area contributed by atoms with Gasteiger partial charge in [0.2, 0.25) is 5.95 Å². The molecule has 1 aromatic heterocycles. The van der Waals surface area contributed by atoms with Gasteiger partial charge in [0, 0.05) is 25.3 Å². The largest absolute Gasteiger partial charge is 0.497 e. The van der Waals surface area contributed by atoms with Gasteiger partial charge in [-0.1, -0.05) is 19.1 Å². The van der Waals surface area contributed by atoms with E-state index >= 15 is 0 Å². The lowest BCUT2D eigenvalue weighted by molar-refractivity contribution is 0.0691. The van der Waals surface area contributed by atoms with Gasteiger partial charge in [0.15, 0.2) is 0 Å². The lowest BCUT2D eigenvalue weighted by atomic mass is 9.99. The molecule has 2 heterocycles. The van der Waals surface area contributed by atoms with E-state index < -0.39 is 0 Å². The molecule has 26 heavy (non-hydrogen) atoms. The van der Waals surface area contributed by atoms with Crippen molar-refractivity contribution in [1.29, 1.82) is 0 Å². The fourth-order valence-electron chi connectivity index (χ4n) is 3.06. The minimum atomic E-state index is -0.00472. The van der Waals surface area contributed by atoms with Crippen molar-refractivity contribution < 1.29 is 9.53 Å². The zero-order valence-corrected chi connectivity index (χ0v) is 15.7. The average molecular weight is 354 g/mol. The first kappa shape index (κ1) is 18.2. The number of ether oxygens (including phenoxy) is 1. The standard InChI is InChI=1S/C20H26N4O2/c1-14-8-10-24(11-9-14)19(25)18-12-15(2)22-20(23-18)21-13-16-4-6-17(26-3)7-5-16/h4-7,12,14H,8-11,13H2,1-3H3,(H,21,22,23). The number of piperidine rings is 1. The van der Waals surface area contributed by atoms with Gasteiger partial charge in [-0.15, -0.1) is 0 Å². The Morgan fingerprint density at radius 2 is 1.92 bits per heavy atom. The molecule has 0 aliphatic carbocycles. The van der Waals surface area contributed by atoms with Crippen molar-refractivity contribution in [1.82, 2.24) is 14.9 Å². The number of aryl methyl sites for hydroxylation is 1. The molecule has 138 valence electrons. The SMILES string of the molecule is COc1ccc(CNc2nc(C)cc(C(=O)N3CCC(C)CC3)n2)cc1. The van der Waals surface area contributed by atoms with Crippen molar-refractivity contribution in [2.24, 2.45) is 5.92 Å². The van der Waals surface area contributed by atoms with Crippen LogP contribution < -0.4 is 10.1 Å². The third-order valence-corrected chi connectivity index (χ3v) is 4.75. The van der Waals surface area contributed by atoms with Gasteiger partial charge in [-0.2, -0.15) is 0 Å². The molecule has 1 aromatic carbocycles. The molecule has 0 radical (unpaired) electrons. The molecule has 1 aliphatic heterocycles. The van der Waals surface area contributed by atoms with Gasteiger partial charge in [0.05, 0.1) is 7.11 Å². The minimum Gasteiger partial charge on any atom is -0.497 e. The second-order valence-electron chi connectivity index (χ2n) is 6.89. The van der Waals surface area contributed by atoms with Crippen LogP contribution in [0.3, 0.4) is 0 Å². The Labute approximate surface area is 154 Å². The summed E-state index contributed by atoms with van der Waals surface area (Å²) in [5.74, 6) is 1.99. The Morgan fingerprint density at radius 3 is 2.58 bits per heavy atom. The monoisotopic (exact) mass is 354 g/mol. The fraction of sp³-hybridized carbons (Fsp3) is 0.450. The van der Waals surface area contributed by atoms with Crippen LogP contribution in [-0.2, 0) is 6.54 Å². The molecule has 1 saturated heterocycles. The lowest BCUT2D eigenvalue weighted by Gasteiger charge is -2.30. The van der Waals surface area contributed by atoms with Crippen molar-refractivity contribution in [3.8, 4) is 5.75 Å². The summed E-state index contributed by atoms with van der Waals surface area (Å²) in [7, 11) is 1.65. The van der Waals surface area contributed by atoms with Crippen LogP contribution >= 0.6 is 0 Å². The van der Waals surface area contributed by atoms with Gasteiger partial charge >= 0.3 is 0 Å². The Hall–Kier alpha value is -2.63. The van der Waals surface area contributed by atoms with Crippen molar-refractivity contribution in [3.63, 3.8) is 0 Å². The first-order valence-electron chi connectivity index (χ1n) is 9.07. The zero-order chi connectivity index (χ0) is 18.5. The molecule has 2 aromatic rings. The van der Waals surface area contributed by atoms with Crippen LogP contribution in [0.2, 0.25) is 0 Å². The first-order chi connectivity index (χ1) is 12.5. The summed E-state index contributed by atoms with van der Waals surface area (Å²) < 4.78 is 5.17. The number of anilines is 1. The maximum atomic E-state index is 12.7. The second-order valence-corrected chi connectivity index (χ2v) is 6.89. The molecule has 0 atom stereocenters. The van der Waals surface area contributed by atoms with Crippen LogP contribution in [0.25, 0.3) is 0 Å². The number of benzene rings is 1. The molecule has 0 spiro atoms. The normalized spacial score (nSPS) is 15.0. The lowest BCUT2D eigenvalue weighted by Crippen LogP contribution is -2.38. The summed E-state index contributed by atoms with van der Waals surface area (Å²) in [6.45, 7) is 6.31. The van der Waals surface area contributed by atoms with E-state index in [9.17, 15) is 4.79 Å². The van der Waals surface area contributed by atoms with Crippen molar-refractivity contribution >= 4 is 11.9 Å². The topological polar surface area (TPSA) is 67.3 Å². The van der Waals surface area contributed by atoms with Gasteiger partial charge < -0.3 is 15.0 Å². The molecular weight excluding hydrogens is 328 g/mol. The van der Waals surface area contributed by atoms with Crippen LogP contribution in [0.15, 0.2) is 30.3 Å². The maximum absolute atomic E-state index is 12.7. The fourth-order valence-corrected chi connectivity index (χ4v) is 3.06. The van der Waals surface area contributed by atoms with Crippen LogP contribution in [0, 0.1) is 12.8 Å². The Kier molecular flexibility index (Phi) is 5.71. The number of carbonyl (C=O) groups excluding carboxylic acids is 1. The number of likely N-dealkylation sites (tertiary alicyclic amines) is 1. The summed E-state index contributed by atoms with van der Waals surface area (Å²) in [6, 6.07) is 9.57. The van der Waals surface area contributed by atoms with Gasteiger partial charge in [-0.05, 0) is 49.4 Å². The predicted molar refractivity (Wildman–Crippen MR) is 101 cm³/mol. The summed E-state index contributed by atoms with van der Waals surface area (Å²) in [5, 5.41) is 3.21. The van der Waals surface area contributed by atoms with Gasteiger partial charge in [0.1, 0.15) is 11.4 Å². The molecule has 0 bridgehead atoms. The summed E-state index contributed by atoms with van der Waals surface area (Å²) in [4.78, 5) is 23.5. The van der Waals surface area contributed by atoms with Gasteiger partial charge in [-0.3, -0.25) is 4.79 Å². The van der Waals surface area contributed by atoms with E-state index in [1.807, 2.05) is 36.1 Å². The summed E-state index contributed by atoms with van der Waals surface area (Å²) in [6.07, 6.45) is 2.11. The highest BCUT2D eigenvalue weighted by molar-refractivity contribution is 5.92. The molecule has 1 amide bonds. The van der Waals surface area contributed by atoms with E-state index in [1.54, 1.807) is 13.2 Å². The predicted octanol–water partition coefficient (Wildman–Crippen LogP) is 3.28. The molecule has 0 saturated carbocycles. The number of aromatic nitrogens is 2. The highest BCUT2D eigenvalue weighted by atomic mass is 16.5. The zero-order valence-electron chi connectivity index (χ0n) is 15.7. The highest BCUT2D eigenvalue weighted by Gasteiger charge is 2.23. The molecular formula is C20H26N4O2.